The van der Waals surface area contributed by atoms with Crippen molar-refractivity contribution in [1.29, 1.82) is 0 Å². The van der Waals surface area contributed by atoms with Gasteiger partial charge in [-0.3, -0.25) is 0 Å². The molecule has 6 heterocycles. The van der Waals surface area contributed by atoms with Crippen molar-refractivity contribution >= 4 is 131 Å². The lowest BCUT2D eigenvalue weighted by Gasteiger charge is -2.08. The number of hydrogen-bond donors (Lipinski definition) is 0. The van der Waals surface area contributed by atoms with Gasteiger partial charge in [0.05, 0.1) is 22.1 Å². The van der Waals surface area contributed by atoms with Gasteiger partial charge in [0, 0.05) is 76.0 Å². The van der Waals surface area contributed by atoms with Crippen LogP contribution in [0.3, 0.4) is 0 Å². The van der Waals surface area contributed by atoms with Gasteiger partial charge >= 0.3 is 0 Å². The molecule has 0 spiro atoms. The number of aromatic nitrogens is 2. The van der Waals surface area contributed by atoms with Crippen LogP contribution in [0.1, 0.15) is 5.56 Å². The van der Waals surface area contributed by atoms with E-state index in [1.807, 2.05) is 12.1 Å². The van der Waals surface area contributed by atoms with E-state index in [0.717, 1.165) is 121 Å². The molecule has 0 atom stereocenters. The average Bonchev–Trinajstić information content (AvgIpc) is 4.31. The molecule has 0 N–H and O–H groups in total. The van der Waals surface area contributed by atoms with Gasteiger partial charge in [-0.1, -0.05) is 151 Å². The van der Waals surface area contributed by atoms with Gasteiger partial charge < -0.3 is 26.8 Å². The van der Waals surface area contributed by atoms with Gasteiger partial charge in [0.1, 0.15) is 44.7 Å². The molecule has 6 heteroatoms. The normalized spacial score (nSPS) is 12.1. The molecule has 19 aromatic rings. The molecule has 0 amide bonds. The number of rotatable bonds is 5. The highest BCUT2D eigenvalue weighted by molar-refractivity contribution is 6.14. The van der Waals surface area contributed by atoms with E-state index in [1.165, 1.54) is 60.3 Å². The lowest BCUT2D eigenvalue weighted by atomic mass is 9.99. The zero-order valence-corrected chi connectivity index (χ0v) is 46.0. The van der Waals surface area contributed by atoms with Crippen molar-refractivity contribution in [3.05, 3.63) is 279 Å². The topological polar surface area (TPSA) is 62.4 Å². The molecular weight excluding hydrogens is 1040 g/mol. The third-order valence-corrected chi connectivity index (χ3v) is 17.5. The number of nitrogens with zero attached hydrogens (tertiary/aromatic N) is 2. The van der Waals surface area contributed by atoms with Crippen LogP contribution in [0.25, 0.3) is 176 Å². The van der Waals surface area contributed by atoms with E-state index in [9.17, 15) is 0 Å². The van der Waals surface area contributed by atoms with Crippen LogP contribution in [-0.2, 0) is 0 Å². The van der Waals surface area contributed by atoms with E-state index in [4.69, 9.17) is 17.7 Å². The smallest absolute Gasteiger partial charge is 0.135 e. The van der Waals surface area contributed by atoms with Crippen LogP contribution in [-0.4, -0.2) is 9.13 Å². The molecule has 13 aromatic carbocycles. The van der Waals surface area contributed by atoms with Crippen LogP contribution >= 0.6 is 0 Å². The summed E-state index contributed by atoms with van der Waals surface area (Å²) in [7, 11) is 0. The maximum atomic E-state index is 6.34. The second kappa shape index (κ2) is 18.3. The van der Waals surface area contributed by atoms with Crippen LogP contribution < -0.4 is 0 Å². The Bertz CT molecular complexity index is 5830. The lowest BCUT2D eigenvalue weighted by Crippen LogP contribution is -1.93. The Balaban J connectivity index is 0.000000131. The molecule has 0 aliphatic rings. The first-order valence-electron chi connectivity index (χ1n) is 28.8. The lowest BCUT2D eigenvalue weighted by molar-refractivity contribution is 0.668. The minimum Gasteiger partial charge on any atom is -0.456 e. The van der Waals surface area contributed by atoms with Crippen molar-refractivity contribution in [3.8, 4) is 44.8 Å². The first-order chi connectivity index (χ1) is 42.0. The summed E-state index contributed by atoms with van der Waals surface area (Å²) in [6.07, 6.45) is 0. The van der Waals surface area contributed by atoms with Crippen LogP contribution in [0.4, 0.5) is 0 Å². The average molecular weight is 1090 g/mol. The Morgan fingerprint density at radius 1 is 0.200 bits per heavy atom. The Morgan fingerprint density at radius 2 is 0.447 bits per heavy atom. The van der Waals surface area contributed by atoms with Gasteiger partial charge in [0.15, 0.2) is 0 Å². The van der Waals surface area contributed by atoms with E-state index in [2.05, 4.69) is 277 Å². The van der Waals surface area contributed by atoms with Crippen LogP contribution in [0, 0.1) is 6.92 Å². The van der Waals surface area contributed by atoms with Gasteiger partial charge in [-0.2, -0.15) is 0 Å². The van der Waals surface area contributed by atoms with Crippen molar-refractivity contribution in [2.45, 2.75) is 6.92 Å². The molecule has 0 fully saturated rings. The number of benzene rings is 13. The Kier molecular flexibility index (Phi) is 10.2. The zero-order valence-electron chi connectivity index (χ0n) is 46.0. The van der Waals surface area contributed by atoms with Crippen molar-refractivity contribution in [3.63, 3.8) is 0 Å². The minimum absolute atomic E-state index is 0.885. The summed E-state index contributed by atoms with van der Waals surface area (Å²) in [5.74, 6) is 0. The van der Waals surface area contributed by atoms with E-state index in [1.54, 1.807) is 0 Å². The third-order valence-electron chi connectivity index (χ3n) is 17.5. The summed E-state index contributed by atoms with van der Waals surface area (Å²) in [4.78, 5) is 0. The molecule has 398 valence electrons. The quantitative estimate of drug-likeness (QED) is 0.172. The predicted octanol–water partition coefficient (Wildman–Crippen LogP) is 22.5. The molecule has 0 unspecified atom stereocenters. The molecule has 6 nitrogen and oxygen atoms in total. The predicted molar refractivity (Wildman–Crippen MR) is 352 cm³/mol. The number of fused-ring (bicyclic) bond motifs is 18. The van der Waals surface area contributed by atoms with Crippen LogP contribution in [0.2, 0.25) is 0 Å². The van der Waals surface area contributed by atoms with Gasteiger partial charge in [0.25, 0.3) is 0 Å². The summed E-state index contributed by atoms with van der Waals surface area (Å²) < 4.78 is 29.6. The fraction of sp³-hybridized carbons (Fsp3) is 0.0127. The Hall–Kier alpha value is -11.3. The Labute approximate surface area is 485 Å². The molecule has 19 rings (SSSR count). The molecule has 0 aliphatic carbocycles. The van der Waals surface area contributed by atoms with E-state index < -0.39 is 0 Å². The van der Waals surface area contributed by atoms with E-state index >= 15 is 0 Å². The van der Waals surface area contributed by atoms with E-state index in [0.29, 0.717) is 0 Å². The monoisotopic (exact) mass is 1090 g/mol. The number of para-hydroxylation sites is 5. The number of hydrogen-bond acceptors (Lipinski definition) is 4. The highest BCUT2D eigenvalue weighted by Crippen LogP contribution is 2.42. The van der Waals surface area contributed by atoms with Gasteiger partial charge in [0.2, 0.25) is 0 Å². The molecular formula is C79H48N2O4. The molecule has 0 saturated heterocycles. The van der Waals surface area contributed by atoms with E-state index in [-0.39, 0.29) is 0 Å². The van der Waals surface area contributed by atoms with Crippen LogP contribution in [0.5, 0.6) is 0 Å². The highest BCUT2D eigenvalue weighted by Gasteiger charge is 2.19. The summed E-state index contributed by atoms with van der Waals surface area (Å²) in [6, 6.07) is 96.8. The zero-order chi connectivity index (χ0) is 55.9. The second-order valence-corrected chi connectivity index (χ2v) is 22.4. The Morgan fingerprint density at radius 3 is 0.800 bits per heavy atom. The standard InChI is InChI=1S/C43H27NO2.C36H21NO2/c1-26-10-12-27(13-11-26)28-14-18-40-34(22-28)35-23-29(15-19-41(35)45-40)30-16-20-42-36(24-30)37-25-31(17-21-43(37)46-42)44-38-8-4-2-6-32(38)33-7-3-5-9-39(33)44;1-4-10-31-25(7-1)26-8-2-5-11-32(26)37(31)24-15-18-36-30(21-24)29-20-23(14-17-35(29)39-36)22-13-16-34-28(19-22)27-9-3-6-12-33(27)38-34/h2-25H,1H3;1-21H. The summed E-state index contributed by atoms with van der Waals surface area (Å²) in [5.41, 5.74) is 22.5. The maximum Gasteiger partial charge on any atom is 0.135 e. The summed E-state index contributed by atoms with van der Waals surface area (Å²) in [5, 5.41) is 14.0. The molecule has 0 aliphatic heterocycles. The fourth-order valence-corrected chi connectivity index (χ4v) is 13.4. The second-order valence-electron chi connectivity index (χ2n) is 22.4. The van der Waals surface area contributed by atoms with Gasteiger partial charge in [-0.15, -0.1) is 0 Å². The molecule has 0 bridgehead atoms. The highest BCUT2D eigenvalue weighted by atomic mass is 16.3. The van der Waals surface area contributed by atoms with Crippen molar-refractivity contribution in [1.82, 2.24) is 9.13 Å². The fourth-order valence-electron chi connectivity index (χ4n) is 13.4. The summed E-state index contributed by atoms with van der Waals surface area (Å²) >= 11 is 0. The van der Waals surface area contributed by atoms with Crippen molar-refractivity contribution in [2.24, 2.45) is 0 Å². The van der Waals surface area contributed by atoms with Crippen molar-refractivity contribution < 1.29 is 17.7 Å². The minimum atomic E-state index is 0.885. The number of furan rings is 4. The first-order valence-corrected chi connectivity index (χ1v) is 28.8. The first kappa shape index (κ1) is 47.3. The van der Waals surface area contributed by atoms with Gasteiger partial charge in [-0.25, -0.2) is 0 Å². The number of aryl methyl sites for hydroxylation is 1. The third kappa shape index (κ3) is 7.45. The van der Waals surface area contributed by atoms with Crippen molar-refractivity contribution in [2.75, 3.05) is 0 Å². The molecule has 6 aromatic heterocycles. The SMILES string of the molecule is Cc1ccc(-c2ccc3oc4ccc(-c5ccc6oc7ccc(-n8c9ccccc9c9ccccc98)cc7c6c5)cc4c3c2)cc1.c1ccc2c(c1)oc1ccc(-c3ccc4oc5ccc(-n6c7ccccc7c7ccccc76)cc5c4c3)cc12. The molecule has 0 saturated carbocycles. The van der Waals surface area contributed by atoms with Crippen LogP contribution in [0.15, 0.2) is 291 Å². The largest absolute Gasteiger partial charge is 0.456 e. The summed E-state index contributed by atoms with van der Waals surface area (Å²) in [6.45, 7) is 2.12. The molecule has 0 radical (unpaired) electrons. The molecule has 85 heavy (non-hydrogen) atoms. The van der Waals surface area contributed by atoms with Gasteiger partial charge in [-0.05, 0) is 168 Å². The maximum absolute atomic E-state index is 6.34.